The lowest BCUT2D eigenvalue weighted by molar-refractivity contribution is -0.136. The van der Waals surface area contributed by atoms with Gasteiger partial charge in [0.05, 0.1) is 6.61 Å². The fraction of sp³-hybridized carbons (Fsp3) is 0.625. The highest BCUT2D eigenvalue weighted by atomic mass is 32.2. The van der Waals surface area contributed by atoms with Crippen molar-refractivity contribution in [1.82, 2.24) is 10.1 Å². The Morgan fingerprint density at radius 1 is 1.67 bits per heavy atom. The fourth-order valence-corrected chi connectivity index (χ4v) is 2.08. The summed E-state index contributed by atoms with van der Waals surface area (Å²) in [5.74, 6) is 1.34. The maximum Gasteiger partial charge on any atom is 0.312 e. The van der Waals surface area contributed by atoms with Crippen LogP contribution in [0.3, 0.4) is 0 Å². The van der Waals surface area contributed by atoms with Crippen molar-refractivity contribution in [3.63, 3.8) is 0 Å². The third-order valence-electron chi connectivity index (χ3n) is 1.89. The molecule has 0 bridgehead atoms. The van der Waals surface area contributed by atoms with Crippen LogP contribution >= 0.6 is 11.8 Å². The SMILES string of the molecule is O=C(O)Cc1nc(C2CSCCO2)no1. The fourth-order valence-electron chi connectivity index (χ4n) is 1.24. The van der Waals surface area contributed by atoms with Gasteiger partial charge in [-0.15, -0.1) is 0 Å². The summed E-state index contributed by atoms with van der Waals surface area (Å²) in [6.45, 7) is 0.665. The zero-order valence-corrected chi connectivity index (χ0v) is 8.70. The quantitative estimate of drug-likeness (QED) is 0.809. The minimum atomic E-state index is -0.982. The van der Waals surface area contributed by atoms with Gasteiger partial charge < -0.3 is 14.4 Å². The number of aliphatic carboxylic acids is 1. The van der Waals surface area contributed by atoms with E-state index < -0.39 is 5.97 Å². The monoisotopic (exact) mass is 230 g/mol. The molecular weight excluding hydrogens is 220 g/mol. The van der Waals surface area contributed by atoms with Gasteiger partial charge in [-0.3, -0.25) is 4.79 Å². The number of hydrogen-bond acceptors (Lipinski definition) is 6. The molecule has 0 amide bonds. The van der Waals surface area contributed by atoms with E-state index in [0.717, 1.165) is 11.5 Å². The highest BCUT2D eigenvalue weighted by Crippen LogP contribution is 2.24. The van der Waals surface area contributed by atoms with Crippen molar-refractivity contribution >= 4 is 17.7 Å². The molecule has 1 aliphatic rings. The molecule has 7 heteroatoms. The first-order valence-corrected chi connectivity index (χ1v) is 5.65. The Bertz CT molecular complexity index is 348. The molecule has 2 heterocycles. The first kappa shape index (κ1) is 10.4. The maximum absolute atomic E-state index is 10.4. The van der Waals surface area contributed by atoms with Crippen molar-refractivity contribution in [2.45, 2.75) is 12.5 Å². The smallest absolute Gasteiger partial charge is 0.312 e. The molecule has 0 aliphatic carbocycles. The Kier molecular flexibility index (Phi) is 3.22. The summed E-state index contributed by atoms with van der Waals surface area (Å²) in [7, 11) is 0. The summed E-state index contributed by atoms with van der Waals surface area (Å²) in [4.78, 5) is 14.4. The summed E-state index contributed by atoms with van der Waals surface area (Å²) in [6.07, 6.45) is -0.414. The molecule has 0 spiro atoms. The second kappa shape index (κ2) is 4.63. The van der Waals surface area contributed by atoms with Gasteiger partial charge in [0.1, 0.15) is 12.5 Å². The van der Waals surface area contributed by atoms with Crippen LogP contribution in [0.2, 0.25) is 0 Å². The van der Waals surface area contributed by atoms with Crippen molar-refractivity contribution in [3.8, 4) is 0 Å². The van der Waals surface area contributed by atoms with Gasteiger partial charge in [-0.25, -0.2) is 0 Å². The van der Waals surface area contributed by atoms with Crippen LogP contribution in [0.1, 0.15) is 17.8 Å². The molecule has 0 saturated carbocycles. The summed E-state index contributed by atoms with van der Waals surface area (Å²) >= 11 is 1.76. The van der Waals surface area contributed by atoms with E-state index in [1.165, 1.54) is 0 Å². The van der Waals surface area contributed by atoms with Gasteiger partial charge in [0.25, 0.3) is 0 Å². The summed E-state index contributed by atoms with van der Waals surface area (Å²) in [6, 6.07) is 0. The van der Waals surface area contributed by atoms with E-state index >= 15 is 0 Å². The molecule has 1 fully saturated rings. The van der Waals surface area contributed by atoms with Gasteiger partial charge in [-0.1, -0.05) is 5.16 Å². The third-order valence-corrected chi connectivity index (χ3v) is 2.88. The lowest BCUT2D eigenvalue weighted by Gasteiger charge is -2.18. The molecule has 1 aromatic rings. The molecule has 15 heavy (non-hydrogen) atoms. The van der Waals surface area contributed by atoms with Crippen LogP contribution < -0.4 is 0 Å². The maximum atomic E-state index is 10.4. The molecular formula is C8H10N2O4S. The van der Waals surface area contributed by atoms with Gasteiger partial charge >= 0.3 is 5.97 Å². The van der Waals surface area contributed by atoms with Crippen LogP contribution in [0.4, 0.5) is 0 Å². The summed E-state index contributed by atoms with van der Waals surface area (Å²) in [5, 5.41) is 12.2. The molecule has 1 aliphatic heterocycles. The highest BCUT2D eigenvalue weighted by molar-refractivity contribution is 7.99. The number of rotatable bonds is 3. The zero-order chi connectivity index (χ0) is 10.7. The normalized spacial score (nSPS) is 21.5. The minimum absolute atomic E-state index is 0.122. The predicted molar refractivity (Wildman–Crippen MR) is 51.7 cm³/mol. The summed E-state index contributed by atoms with van der Waals surface area (Å²) in [5.41, 5.74) is 0. The third kappa shape index (κ3) is 2.69. The summed E-state index contributed by atoms with van der Waals surface area (Å²) < 4.78 is 10.2. The molecule has 1 unspecified atom stereocenters. The molecule has 82 valence electrons. The van der Waals surface area contributed by atoms with E-state index in [1.54, 1.807) is 11.8 Å². The van der Waals surface area contributed by atoms with E-state index in [1.807, 2.05) is 0 Å². The molecule has 1 aromatic heterocycles. The Morgan fingerprint density at radius 2 is 2.53 bits per heavy atom. The van der Waals surface area contributed by atoms with Crippen LogP contribution in [0.15, 0.2) is 4.52 Å². The van der Waals surface area contributed by atoms with E-state index in [4.69, 9.17) is 14.4 Å². The van der Waals surface area contributed by atoms with Crippen molar-refractivity contribution < 1.29 is 19.2 Å². The molecule has 2 rings (SSSR count). The minimum Gasteiger partial charge on any atom is -0.481 e. The zero-order valence-electron chi connectivity index (χ0n) is 7.88. The number of carboxylic acid groups (broad SMARTS) is 1. The van der Waals surface area contributed by atoms with Crippen molar-refractivity contribution in [2.75, 3.05) is 18.1 Å². The first-order chi connectivity index (χ1) is 7.25. The standard InChI is InChI=1S/C8H10N2O4S/c11-7(12)3-6-9-8(10-14-6)5-4-15-2-1-13-5/h5H,1-4H2,(H,11,12). The Morgan fingerprint density at radius 3 is 3.20 bits per heavy atom. The topological polar surface area (TPSA) is 85.5 Å². The first-order valence-electron chi connectivity index (χ1n) is 4.49. The number of ether oxygens (including phenoxy) is 1. The van der Waals surface area contributed by atoms with Crippen LogP contribution in [0.25, 0.3) is 0 Å². The largest absolute Gasteiger partial charge is 0.481 e. The van der Waals surface area contributed by atoms with Gasteiger partial charge in [-0.2, -0.15) is 16.7 Å². The van der Waals surface area contributed by atoms with E-state index in [-0.39, 0.29) is 18.4 Å². The molecule has 1 N–H and O–H groups in total. The Hall–Kier alpha value is -1.08. The Labute approximate surface area is 90.0 Å². The lowest BCUT2D eigenvalue weighted by atomic mass is 10.3. The molecule has 0 aromatic carbocycles. The van der Waals surface area contributed by atoms with Crippen LogP contribution in [0, 0.1) is 0 Å². The number of thioether (sulfide) groups is 1. The van der Waals surface area contributed by atoms with Crippen LogP contribution in [-0.4, -0.2) is 39.3 Å². The lowest BCUT2D eigenvalue weighted by Crippen LogP contribution is -2.16. The van der Waals surface area contributed by atoms with Crippen molar-refractivity contribution in [3.05, 3.63) is 11.7 Å². The van der Waals surface area contributed by atoms with Crippen molar-refractivity contribution in [2.24, 2.45) is 0 Å². The second-order valence-electron chi connectivity index (χ2n) is 3.05. The number of carboxylic acids is 1. The number of aromatic nitrogens is 2. The van der Waals surface area contributed by atoms with Gasteiger partial charge in [0.15, 0.2) is 0 Å². The van der Waals surface area contributed by atoms with Gasteiger partial charge in [0.2, 0.25) is 11.7 Å². The van der Waals surface area contributed by atoms with E-state index in [9.17, 15) is 4.79 Å². The predicted octanol–water partition coefficient (Wildman–Crippen LogP) is 0.501. The number of hydrogen-bond donors (Lipinski definition) is 1. The highest BCUT2D eigenvalue weighted by Gasteiger charge is 2.22. The second-order valence-corrected chi connectivity index (χ2v) is 4.20. The number of nitrogens with zero attached hydrogens (tertiary/aromatic N) is 2. The molecule has 1 saturated heterocycles. The van der Waals surface area contributed by atoms with E-state index in [2.05, 4.69) is 10.1 Å². The number of carbonyl (C=O) groups is 1. The molecule has 6 nitrogen and oxygen atoms in total. The van der Waals surface area contributed by atoms with Crippen LogP contribution in [0.5, 0.6) is 0 Å². The van der Waals surface area contributed by atoms with Gasteiger partial charge in [0, 0.05) is 11.5 Å². The average Bonchev–Trinajstić information content (AvgIpc) is 2.67. The van der Waals surface area contributed by atoms with Gasteiger partial charge in [-0.05, 0) is 0 Å². The molecule has 0 radical (unpaired) electrons. The molecule has 1 atom stereocenters. The Balaban J connectivity index is 2.02. The average molecular weight is 230 g/mol. The van der Waals surface area contributed by atoms with E-state index in [0.29, 0.717) is 12.4 Å². The van der Waals surface area contributed by atoms with Crippen molar-refractivity contribution in [1.29, 1.82) is 0 Å². The van der Waals surface area contributed by atoms with Crippen LogP contribution in [-0.2, 0) is 16.0 Å².